The van der Waals surface area contributed by atoms with Crippen LogP contribution in [0.25, 0.3) is 0 Å². The van der Waals surface area contributed by atoms with E-state index in [1.54, 1.807) is 0 Å². The molecule has 2 heteroatoms. The Hall–Kier alpha value is -0.0800. The van der Waals surface area contributed by atoms with Gasteiger partial charge in [-0.3, -0.25) is 0 Å². The first-order valence-electron chi connectivity index (χ1n) is 4.07. The highest BCUT2D eigenvalue weighted by Crippen LogP contribution is 1.87. The average molecular weight is 146 g/mol. The summed E-state index contributed by atoms with van der Waals surface area (Å²) in [4.78, 5) is 0. The van der Waals surface area contributed by atoms with E-state index in [9.17, 15) is 0 Å². The third-order valence-corrected chi connectivity index (χ3v) is 1.22. The topological polar surface area (TPSA) is 18.5 Å². The first-order chi connectivity index (χ1) is 4.91. The van der Waals surface area contributed by atoms with Crippen molar-refractivity contribution < 1.29 is 9.47 Å². The fourth-order valence-electron chi connectivity index (χ4n) is 0.611. The lowest BCUT2D eigenvalue weighted by Crippen LogP contribution is -2.04. The van der Waals surface area contributed by atoms with Crippen LogP contribution in [0.5, 0.6) is 0 Å². The monoisotopic (exact) mass is 146 g/mol. The van der Waals surface area contributed by atoms with Crippen molar-refractivity contribution in [2.24, 2.45) is 0 Å². The molecule has 0 spiro atoms. The zero-order valence-corrected chi connectivity index (χ0v) is 7.06. The third-order valence-electron chi connectivity index (χ3n) is 1.22. The van der Waals surface area contributed by atoms with E-state index in [-0.39, 0.29) is 0 Å². The standard InChI is InChI=1S/C8H18O2/c1-3-5-6-10-8-7-9-4-2/h3-8H2,1-2H3. The van der Waals surface area contributed by atoms with Crippen LogP contribution in [0.1, 0.15) is 26.7 Å². The summed E-state index contributed by atoms with van der Waals surface area (Å²) in [7, 11) is 0. The fourth-order valence-corrected chi connectivity index (χ4v) is 0.611. The highest BCUT2D eigenvalue weighted by atomic mass is 16.5. The lowest BCUT2D eigenvalue weighted by Gasteiger charge is -2.02. The number of unbranched alkanes of at least 4 members (excludes halogenated alkanes) is 1. The van der Waals surface area contributed by atoms with Gasteiger partial charge in [-0.05, 0) is 13.3 Å². The van der Waals surface area contributed by atoms with E-state index in [1.807, 2.05) is 6.92 Å². The molecular formula is C8H18O2. The van der Waals surface area contributed by atoms with Crippen LogP contribution in [0.3, 0.4) is 0 Å². The maximum Gasteiger partial charge on any atom is 0.0700 e. The van der Waals surface area contributed by atoms with Crippen molar-refractivity contribution in [2.75, 3.05) is 26.4 Å². The van der Waals surface area contributed by atoms with Crippen LogP contribution < -0.4 is 0 Å². The van der Waals surface area contributed by atoms with Crippen molar-refractivity contribution in [3.63, 3.8) is 0 Å². The quantitative estimate of drug-likeness (QED) is 0.510. The SMILES string of the molecule is CCCCOCCOCC. The van der Waals surface area contributed by atoms with Crippen LogP contribution in [0, 0.1) is 0 Å². The molecule has 0 aromatic carbocycles. The lowest BCUT2D eigenvalue weighted by molar-refractivity contribution is 0.0517. The molecule has 0 radical (unpaired) electrons. The zero-order valence-electron chi connectivity index (χ0n) is 7.06. The van der Waals surface area contributed by atoms with Crippen LogP contribution in [0.4, 0.5) is 0 Å². The van der Waals surface area contributed by atoms with Crippen molar-refractivity contribution in [3.05, 3.63) is 0 Å². The molecule has 0 aliphatic rings. The summed E-state index contributed by atoms with van der Waals surface area (Å²) in [5.74, 6) is 0. The van der Waals surface area contributed by atoms with Gasteiger partial charge in [0, 0.05) is 13.2 Å². The summed E-state index contributed by atoms with van der Waals surface area (Å²) >= 11 is 0. The van der Waals surface area contributed by atoms with E-state index in [1.165, 1.54) is 6.42 Å². The maximum atomic E-state index is 5.25. The number of rotatable bonds is 7. The highest BCUT2D eigenvalue weighted by molar-refractivity contribution is 4.32. The second kappa shape index (κ2) is 8.92. The maximum absolute atomic E-state index is 5.25. The minimum atomic E-state index is 0.736. The van der Waals surface area contributed by atoms with E-state index < -0.39 is 0 Å². The summed E-state index contributed by atoms with van der Waals surface area (Å²) in [6.07, 6.45) is 2.36. The summed E-state index contributed by atoms with van der Waals surface area (Å²) in [6, 6.07) is 0. The van der Waals surface area contributed by atoms with Crippen molar-refractivity contribution in [3.8, 4) is 0 Å². The minimum Gasteiger partial charge on any atom is -0.379 e. The van der Waals surface area contributed by atoms with E-state index in [2.05, 4.69) is 6.92 Å². The first-order valence-corrected chi connectivity index (χ1v) is 4.07. The number of ether oxygens (including phenoxy) is 2. The van der Waals surface area contributed by atoms with Gasteiger partial charge in [0.2, 0.25) is 0 Å². The first kappa shape index (κ1) is 9.92. The Morgan fingerprint density at radius 2 is 1.60 bits per heavy atom. The average Bonchev–Trinajstić information content (AvgIpc) is 1.97. The summed E-state index contributed by atoms with van der Waals surface area (Å²) in [5.41, 5.74) is 0. The second-order valence-electron chi connectivity index (χ2n) is 2.16. The summed E-state index contributed by atoms with van der Waals surface area (Å²) in [6.45, 7) is 7.30. The van der Waals surface area contributed by atoms with Crippen LogP contribution in [0.15, 0.2) is 0 Å². The van der Waals surface area contributed by atoms with Gasteiger partial charge in [0.1, 0.15) is 0 Å². The van der Waals surface area contributed by atoms with Gasteiger partial charge in [-0.15, -0.1) is 0 Å². The molecule has 0 N–H and O–H groups in total. The molecule has 0 bridgehead atoms. The predicted octanol–water partition coefficient (Wildman–Crippen LogP) is 1.84. The molecule has 0 fully saturated rings. The van der Waals surface area contributed by atoms with Gasteiger partial charge in [-0.1, -0.05) is 13.3 Å². The second-order valence-corrected chi connectivity index (χ2v) is 2.16. The Morgan fingerprint density at radius 3 is 2.20 bits per heavy atom. The number of hydrogen-bond donors (Lipinski definition) is 0. The molecule has 0 aromatic rings. The van der Waals surface area contributed by atoms with E-state index in [4.69, 9.17) is 9.47 Å². The Morgan fingerprint density at radius 1 is 0.900 bits per heavy atom. The third kappa shape index (κ3) is 7.92. The van der Waals surface area contributed by atoms with Crippen molar-refractivity contribution in [2.45, 2.75) is 26.7 Å². The molecule has 0 saturated carbocycles. The molecule has 0 rings (SSSR count). The van der Waals surface area contributed by atoms with Crippen molar-refractivity contribution in [1.82, 2.24) is 0 Å². The summed E-state index contributed by atoms with van der Waals surface area (Å²) < 4.78 is 10.3. The van der Waals surface area contributed by atoms with Crippen LogP contribution >= 0.6 is 0 Å². The molecule has 0 aliphatic heterocycles. The van der Waals surface area contributed by atoms with Gasteiger partial charge in [0.25, 0.3) is 0 Å². The fraction of sp³-hybridized carbons (Fsp3) is 1.00. The van der Waals surface area contributed by atoms with Crippen LogP contribution in [0.2, 0.25) is 0 Å². The minimum absolute atomic E-state index is 0.736. The van der Waals surface area contributed by atoms with Gasteiger partial charge in [0.05, 0.1) is 13.2 Å². The molecule has 0 aromatic heterocycles. The van der Waals surface area contributed by atoms with Gasteiger partial charge < -0.3 is 9.47 Å². The van der Waals surface area contributed by atoms with Gasteiger partial charge in [-0.2, -0.15) is 0 Å². The van der Waals surface area contributed by atoms with Crippen molar-refractivity contribution >= 4 is 0 Å². The Bertz CT molecular complexity index is 47.2. The molecule has 0 heterocycles. The Kier molecular flexibility index (Phi) is 8.85. The van der Waals surface area contributed by atoms with Gasteiger partial charge in [0.15, 0.2) is 0 Å². The van der Waals surface area contributed by atoms with E-state index >= 15 is 0 Å². The Labute approximate surface area is 63.5 Å². The smallest absolute Gasteiger partial charge is 0.0700 e. The summed E-state index contributed by atoms with van der Waals surface area (Å²) in [5, 5.41) is 0. The zero-order chi connectivity index (χ0) is 7.66. The van der Waals surface area contributed by atoms with Gasteiger partial charge in [-0.25, -0.2) is 0 Å². The molecule has 0 saturated heterocycles. The molecule has 10 heavy (non-hydrogen) atoms. The van der Waals surface area contributed by atoms with Crippen LogP contribution in [-0.4, -0.2) is 26.4 Å². The van der Waals surface area contributed by atoms with E-state index in [0.717, 1.165) is 32.8 Å². The molecule has 0 aliphatic carbocycles. The molecule has 62 valence electrons. The largest absolute Gasteiger partial charge is 0.379 e. The van der Waals surface area contributed by atoms with Crippen molar-refractivity contribution in [1.29, 1.82) is 0 Å². The molecule has 0 unspecified atom stereocenters. The Balaban J connectivity index is 2.65. The highest BCUT2D eigenvalue weighted by Gasteiger charge is 1.86. The number of hydrogen-bond acceptors (Lipinski definition) is 2. The van der Waals surface area contributed by atoms with Crippen LogP contribution in [-0.2, 0) is 9.47 Å². The molecule has 0 amide bonds. The molecular weight excluding hydrogens is 128 g/mol. The normalized spacial score (nSPS) is 10.2. The van der Waals surface area contributed by atoms with E-state index in [0.29, 0.717) is 0 Å². The molecule has 0 atom stereocenters. The lowest BCUT2D eigenvalue weighted by atomic mass is 10.4. The predicted molar refractivity (Wildman–Crippen MR) is 42.2 cm³/mol. The molecule has 2 nitrogen and oxygen atoms in total. The van der Waals surface area contributed by atoms with Gasteiger partial charge >= 0.3 is 0 Å².